The summed E-state index contributed by atoms with van der Waals surface area (Å²) in [5.41, 5.74) is -6.11. The van der Waals surface area contributed by atoms with Crippen molar-refractivity contribution in [2.75, 3.05) is 5.32 Å². The summed E-state index contributed by atoms with van der Waals surface area (Å²) in [5, 5.41) is 3.77. The molecule has 3 aromatic rings. The number of anilines is 1. The van der Waals surface area contributed by atoms with Crippen LogP contribution in [-0.4, -0.2) is 27.5 Å². The van der Waals surface area contributed by atoms with E-state index in [1.807, 2.05) is 10.3 Å². The lowest BCUT2D eigenvalue weighted by Crippen LogP contribution is -2.62. The van der Waals surface area contributed by atoms with Gasteiger partial charge in [0.25, 0.3) is 22.9 Å². The topological polar surface area (TPSA) is 113 Å². The number of aryl methyl sites for hydroxylation is 2. The Morgan fingerprint density at radius 1 is 1.03 bits per heavy atom. The number of aromatic nitrogens is 2. The van der Waals surface area contributed by atoms with E-state index in [1.54, 1.807) is 41.7 Å². The van der Waals surface area contributed by atoms with Gasteiger partial charge in [-0.25, -0.2) is 4.79 Å². The molecule has 0 bridgehead atoms. The predicted molar refractivity (Wildman–Crippen MR) is 116 cm³/mol. The fraction of sp³-hybridized carbons (Fsp3) is 0.217. The van der Waals surface area contributed by atoms with E-state index in [4.69, 9.17) is 0 Å². The van der Waals surface area contributed by atoms with Crippen molar-refractivity contribution in [2.24, 2.45) is 0 Å². The molecule has 1 aliphatic rings. The molecule has 2 heterocycles. The molecule has 3 N–H and O–H groups in total. The van der Waals surface area contributed by atoms with Crippen molar-refractivity contribution in [2.45, 2.75) is 31.6 Å². The monoisotopic (exact) mass is 472 g/mol. The summed E-state index contributed by atoms with van der Waals surface area (Å²) in [6.07, 6.45) is -5.15. The maximum absolute atomic E-state index is 14.5. The van der Waals surface area contributed by atoms with Crippen LogP contribution >= 0.6 is 0 Å². The van der Waals surface area contributed by atoms with Gasteiger partial charge in [-0.05, 0) is 30.5 Å². The highest BCUT2D eigenvalue weighted by Gasteiger charge is 2.68. The third kappa shape index (κ3) is 3.68. The number of aromatic amines is 1. The van der Waals surface area contributed by atoms with Crippen molar-refractivity contribution in [1.82, 2.24) is 14.9 Å². The SMILES string of the molecule is Cc1ccccc1C(=O)NC1(C(F)(F)F)C(=O)Nc2c1c(=O)[nH]c(=O)n2CCc1ccccc1. The van der Waals surface area contributed by atoms with E-state index >= 15 is 0 Å². The van der Waals surface area contributed by atoms with E-state index in [2.05, 4.69) is 0 Å². The molecule has 1 atom stereocenters. The quantitative estimate of drug-likeness (QED) is 0.529. The second kappa shape index (κ2) is 8.32. The fourth-order valence-electron chi connectivity index (χ4n) is 3.99. The Balaban J connectivity index is 1.85. The number of benzene rings is 2. The summed E-state index contributed by atoms with van der Waals surface area (Å²) in [5.74, 6) is -3.47. The Morgan fingerprint density at radius 2 is 1.68 bits per heavy atom. The molecule has 0 saturated heterocycles. The molecule has 2 amide bonds. The van der Waals surface area contributed by atoms with Crippen LogP contribution in [0.3, 0.4) is 0 Å². The van der Waals surface area contributed by atoms with E-state index < -0.39 is 46.2 Å². The average Bonchev–Trinajstić information content (AvgIpc) is 3.07. The first kappa shape index (κ1) is 23.0. The number of nitrogens with one attached hydrogen (secondary N) is 3. The molecule has 1 aliphatic heterocycles. The second-order valence-corrected chi connectivity index (χ2v) is 7.84. The van der Waals surface area contributed by atoms with Gasteiger partial charge in [0, 0.05) is 12.1 Å². The second-order valence-electron chi connectivity index (χ2n) is 7.84. The number of hydrogen-bond donors (Lipinski definition) is 3. The highest BCUT2D eigenvalue weighted by molar-refractivity contribution is 6.09. The predicted octanol–water partition coefficient (Wildman–Crippen LogP) is 2.23. The van der Waals surface area contributed by atoms with Gasteiger partial charge in [-0.2, -0.15) is 13.2 Å². The minimum atomic E-state index is -5.39. The smallest absolute Gasteiger partial charge is 0.326 e. The number of carbonyl (C=O) groups is 2. The molecule has 0 spiro atoms. The van der Waals surface area contributed by atoms with Crippen molar-refractivity contribution >= 4 is 17.6 Å². The first-order chi connectivity index (χ1) is 16.1. The van der Waals surface area contributed by atoms with Crippen LogP contribution in [0, 0.1) is 6.92 Å². The number of amides is 2. The lowest BCUT2D eigenvalue weighted by molar-refractivity contribution is -0.196. The summed E-state index contributed by atoms with van der Waals surface area (Å²) >= 11 is 0. The van der Waals surface area contributed by atoms with Gasteiger partial charge in [0.15, 0.2) is 0 Å². The summed E-state index contributed by atoms with van der Waals surface area (Å²) in [7, 11) is 0. The number of H-pyrrole nitrogens is 1. The van der Waals surface area contributed by atoms with Gasteiger partial charge in [0.05, 0.1) is 0 Å². The van der Waals surface area contributed by atoms with Crippen molar-refractivity contribution in [3.8, 4) is 0 Å². The largest absolute Gasteiger partial charge is 0.425 e. The van der Waals surface area contributed by atoms with Gasteiger partial charge in [0.2, 0.25) is 0 Å². The van der Waals surface area contributed by atoms with E-state index in [0.717, 1.165) is 10.1 Å². The molecule has 1 unspecified atom stereocenters. The Morgan fingerprint density at radius 3 is 2.32 bits per heavy atom. The lowest BCUT2D eigenvalue weighted by Gasteiger charge is -2.30. The molecule has 34 heavy (non-hydrogen) atoms. The minimum absolute atomic E-state index is 0.0961. The first-order valence-corrected chi connectivity index (χ1v) is 10.2. The number of fused-ring (bicyclic) bond motifs is 1. The number of alkyl halides is 3. The number of halogens is 3. The van der Waals surface area contributed by atoms with Crippen LogP contribution in [0.25, 0.3) is 0 Å². The number of nitrogens with zero attached hydrogens (tertiary/aromatic N) is 1. The highest BCUT2D eigenvalue weighted by atomic mass is 19.4. The van der Waals surface area contributed by atoms with Crippen molar-refractivity contribution in [1.29, 1.82) is 0 Å². The normalized spacial score (nSPS) is 17.2. The van der Waals surface area contributed by atoms with E-state index in [9.17, 15) is 32.3 Å². The molecule has 0 saturated carbocycles. The lowest BCUT2D eigenvalue weighted by atomic mass is 9.91. The van der Waals surface area contributed by atoms with Crippen molar-refractivity contribution in [3.05, 3.63) is 97.7 Å². The van der Waals surface area contributed by atoms with Gasteiger partial charge in [0.1, 0.15) is 11.4 Å². The van der Waals surface area contributed by atoms with Gasteiger partial charge in [-0.3, -0.25) is 23.9 Å². The van der Waals surface area contributed by atoms with Crippen LogP contribution in [-0.2, 0) is 23.3 Å². The molecular weight excluding hydrogens is 453 g/mol. The van der Waals surface area contributed by atoms with E-state index in [0.29, 0.717) is 5.56 Å². The molecular formula is C23H19F3N4O4. The molecule has 0 aliphatic carbocycles. The molecule has 2 aromatic carbocycles. The van der Waals surface area contributed by atoms with E-state index in [-0.39, 0.29) is 18.5 Å². The zero-order valence-electron chi connectivity index (χ0n) is 17.8. The standard InChI is InChI=1S/C23H19F3N4O4/c1-13-7-5-6-10-15(13)18(31)29-22(23(24,25)26)16-17(27-20(22)33)30(21(34)28-19(16)32)12-11-14-8-3-2-4-9-14/h2-10H,11-12H2,1H3,(H,27,33)(H,29,31)(H,28,32,34). The van der Waals surface area contributed by atoms with Gasteiger partial charge < -0.3 is 10.6 Å². The molecule has 176 valence electrons. The Bertz CT molecular complexity index is 1400. The Hall–Kier alpha value is -4.15. The fourth-order valence-corrected chi connectivity index (χ4v) is 3.99. The molecule has 11 heteroatoms. The molecule has 0 radical (unpaired) electrons. The van der Waals surface area contributed by atoms with Crippen LogP contribution in [0.4, 0.5) is 19.0 Å². The van der Waals surface area contributed by atoms with Crippen LogP contribution in [0.5, 0.6) is 0 Å². The first-order valence-electron chi connectivity index (χ1n) is 10.2. The highest BCUT2D eigenvalue weighted by Crippen LogP contribution is 2.45. The zero-order valence-corrected chi connectivity index (χ0v) is 17.8. The van der Waals surface area contributed by atoms with Crippen LogP contribution in [0.1, 0.15) is 27.0 Å². The Kier molecular flexibility index (Phi) is 5.64. The molecule has 0 fully saturated rings. The summed E-state index contributed by atoms with van der Waals surface area (Å²) < 4.78 is 44.3. The maximum atomic E-state index is 14.5. The van der Waals surface area contributed by atoms with Gasteiger partial charge in [-0.15, -0.1) is 0 Å². The Labute approximate surface area is 190 Å². The zero-order chi connectivity index (χ0) is 24.7. The van der Waals surface area contributed by atoms with Gasteiger partial charge >= 0.3 is 11.9 Å². The third-order valence-corrected chi connectivity index (χ3v) is 5.73. The van der Waals surface area contributed by atoms with Crippen molar-refractivity contribution in [3.63, 3.8) is 0 Å². The maximum Gasteiger partial charge on any atom is 0.425 e. The van der Waals surface area contributed by atoms with Crippen LogP contribution in [0.2, 0.25) is 0 Å². The van der Waals surface area contributed by atoms with E-state index in [1.165, 1.54) is 25.1 Å². The number of carbonyl (C=O) groups excluding carboxylic acids is 2. The summed E-state index contributed by atoms with van der Waals surface area (Å²) in [4.78, 5) is 52.6. The van der Waals surface area contributed by atoms with Crippen LogP contribution in [0.15, 0.2) is 64.2 Å². The van der Waals surface area contributed by atoms with Gasteiger partial charge in [-0.1, -0.05) is 48.5 Å². The molecule has 8 nitrogen and oxygen atoms in total. The summed E-state index contributed by atoms with van der Waals surface area (Å²) in [6.45, 7) is 1.40. The van der Waals surface area contributed by atoms with Crippen LogP contribution < -0.4 is 21.9 Å². The molecule has 4 rings (SSSR count). The number of rotatable bonds is 5. The third-order valence-electron chi connectivity index (χ3n) is 5.73. The summed E-state index contributed by atoms with van der Waals surface area (Å²) in [6, 6.07) is 14.7. The van der Waals surface area contributed by atoms with Crippen molar-refractivity contribution < 1.29 is 22.8 Å². The minimum Gasteiger partial charge on any atom is -0.326 e. The number of hydrogen-bond acceptors (Lipinski definition) is 4. The molecule has 1 aromatic heterocycles. The average molecular weight is 472 g/mol.